The molecule has 2 aliphatic carbocycles. The molecule has 2 saturated carbocycles. The van der Waals surface area contributed by atoms with Gasteiger partial charge in [-0.1, -0.05) is 73.1 Å². The molecule has 0 saturated heterocycles. The molecule has 3 aromatic carbocycles. The van der Waals surface area contributed by atoms with Crippen LogP contribution in [0.2, 0.25) is 0 Å². The van der Waals surface area contributed by atoms with Crippen molar-refractivity contribution in [2.45, 2.75) is 115 Å². The van der Waals surface area contributed by atoms with Gasteiger partial charge in [-0.3, -0.25) is 0 Å². The summed E-state index contributed by atoms with van der Waals surface area (Å²) in [6.45, 7) is 4.75. The topological polar surface area (TPSA) is 0 Å². The highest BCUT2D eigenvalue weighted by Gasteiger charge is 2.34. The molecule has 0 radical (unpaired) electrons. The van der Waals surface area contributed by atoms with E-state index < -0.39 is 0 Å². The van der Waals surface area contributed by atoms with E-state index in [1.165, 1.54) is 115 Å². The number of thiophene rings is 4. The molecule has 0 spiro atoms. The predicted octanol–water partition coefficient (Wildman–Crippen LogP) is 14.5. The lowest BCUT2D eigenvalue weighted by Gasteiger charge is -2.37. The summed E-state index contributed by atoms with van der Waals surface area (Å²) in [5, 5.41) is 11.6. The van der Waals surface area contributed by atoms with Crippen molar-refractivity contribution < 1.29 is 0 Å². The molecule has 9 rings (SSSR count). The number of hydrogen-bond acceptors (Lipinski definition) is 4. The first-order valence-electron chi connectivity index (χ1n) is 17.7. The van der Waals surface area contributed by atoms with Gasteiger partial charge in [0.25, 0.3) is 0 Å². The van der Waals surface area contributed by atoms with Gasteiger partial charge in [0.15, 0.2) is 0 Å². The van der Waals surface area contributed by atoms with Crippen LogP contribution in [0.15, 0.2) is 41.8 Å². The molecule has 7 aromatic rings. The zero-order valence-electron chi connectivity index (χ0n) is 26.7. The lowest BCUT2D eigenvalue weighted by atomic mass is 9.92. The van der Waals surface area contributed by atoms with Gasteiger partial charge in [0.2, 0.25) is 0 Å². The lowest BCUT2D eigenvalue weighted by molar-refractivity contribution is 0.487. The minimum Gasteiger partial charge on any atom is -0.144 e. The zero-order chi connectivity index (χ0) is 30.1. The smallest absolute Gasteiger partial charge is 0.0397 e. The molecular formula is C40H43PS4. The number of rotatable bonds is 7. The van der Waals surface area contributed by atoms with Crippen molar-refractivity contribution in [2.75, 3.05) is 0 Å². The summed E-state index contributed by atoms with van der Waals surface area (Å²) in [5.74, 6) is 0. The van der Waals surface area contributed by atoms with E-state index in [0.29, 0.717) is 0 Å². The van der Waals surface area contributed by atoms with Crippen LogP contribution in [-0.4, -0.2) is 11.3 Å². The van der Waals surface area contributed by atoms with E-state index in [1.54, 1.807) is 51.4 Å². The maximum Gasteiger partial charge on any atom is 0.0397 e. The van der Waals surface area contributed by atoms with Crippen LogP contribution >= 0.6 is 53.3 Å². The van der Waals surface area contributed by atoms with Gasteiger partial charge in [-0.25, -0.2) is 0 Å². The number of aryl methyl sites for hydroxylation is 2. The maximum absolute atomic E-state index is 2.77. The highest BCUT2D eigenvalue weighted by atomic mass is 32.1. The Morgan fingerprint density at radius 3 is 1.69 bits per heavy atom. The standard InChI is InChI=1S/C40H43PS4/c1-3-11-26-27(12-4-2)40-38(37-35-28-21-22-42-30(28)17-19-32(35)44-39(26)37)36-29-23-34(43-31(29)18-20-33(36)45-40)41(24-13-7-5-8-14-24)25-15-9-6-10-16-25/h17-25H,3-16H2,1-2H3. The molecular weight excluding hydrogens is 640 g/mol. The molecule has 0 bridgehead atoms. The van der Waals surface area contributed by atoms with Crippen LogP contribution in [-0.2, 0) is 12.8 Å². The van der Waals surface area contributed by atoms with Crippen LogP contribution in [0, 0.1) is 0 Å². The van der Waals surface area contributed by atoms with Gasteiger partial charge in [0.05, 0.1) is 0 Å². The maximum atomic E-state index is 2.77. The van der Waals surface area contributed by atoms with Crippen molar-refractivity contribution in [1.82, 2.24) is 0 Å². The van der Waals surface area contributed by atoms with E-state index in [-0.39, 0.29) is 7.92 Å². The number of hydrogen-bond donors (Lipinski definition) is 0. The molecule has 0 nitrogen and oxygen atoms in total. The van der Waals surface area contributed by atoms with Crippen LogP contribution in [0.5, 0.6) is 0 Å². The molecule has 2 fully saturated rings. The third kappa shape index (κ3) is 4.79. The van der Waals surface area contributed by atoms with E-state index in [1.807, 2.05) is 11.3 Å². The quantitative estimate of drug-likeness (QED) is 0.147. The molecule has 0 amide bonds. The van der Waals surface area contributed by atoms with E-state index in [9.17, 15) is 0 Å². The van der Waals surface area contributed by atoms with Crippen LogP contribution in [0.1, 0.15) is 102 Å². The Labute approximate surface area is 284 Å². The van der Waals surface area contributed by atoms with Gasteiger partial charge in [0.1, 0.15) is 0 Å². The third-order valence-electron chi connectivity index (χ3n) is 11.0. The van der Waals surface area contributed by atoms with Crippen molar-refractivity contribution in [3.63, 3.8) is 0 Å². The van der Waals surface area contributed by atoms with Gasteiger partial charge in [-0.05, 0) is 103 Å². The highest BCUT2D eigenvalue weighted by Crippen LogP contribution is 2.58. The summed E-state index contributed by atoms with van der Waals surface area (Å²) < 4.78 is 10.9. The van der Waals surface area contributed by atoms with E-state index in [2.05, 4.69) is 89.6 Å². The summed E-state index contributed by atoms with van der Waals surface area (Å²) in [6.07, 6.45) is 19.4. The van der Waals surface area contributed by atoms with Crippen molar-refractivity contribution in [2.24, 2.45) is 0 Å². The first-order chi connectivity index (χ1) is 22.2. The molecule has 0 N–H and O–H groups in total. The summed E-state index contributed by atoms with van der Waals surface area (Å²) >= 11 is 8.29. The molecule has 2 aliphatic rings. The van der Waals surface area contributed by atoms with Crippen LogP contribution in [0.25, 0.3) is 60.5 Å². The lowest BCUT2D eigenvalue weighted by Crippen LogP contribution is -2.24. The average molecular weight is 683 g/mol. The molecule has 4 aromatic heterocycles. The Balaban J connectivity index is 1.38. The van der Waals surface area contributed by atoms with Crippen molar-refractivity contribution in [1.29, 1.82) is 0 Å². The fraction of sp³-hybridized carbons (Fsp3) is 0.450. The van der Waals surface area contributed by atoms with Gasteiger partial charge in [-0.15, -0.1) is 45.3 Å². The van der Waals surface area contributed by atoms with Gasteiger partial charge in [0, 0.05) is 65.1 Å². The first kappa shape index (κ1) is 29.6. The van der Waals surface area contributed by atoms with Crippen LogP contribution < -0.4 is 4.62 Å². The van der Waals surface area contributed by atoms with Crippen molar-refractivity contribution >= 4 is 118 Å². The second-order valence-corrected chi connectivity index (χ2v) is 21.0. The normalized spacial score (nSPS) is 17.5. The van der Waals surface area contributed by atoms with E-state index in [0.717, 1.165) is 11.3 Å². The first-order valence-corrected chi connectivity index (χ1v) is 22.5. The molecule has 0 atom stereocenters. The largest absolute Gasteiger partial charge is 0.144 e. The van der Waals surface area contributed by atoms with Crippen molar-refractivity contribution in [3.05, 3.63) is 52.9 Å². The molecule has 4 heterocycles. The molecule has 45 heavy (non-hydrogen) atoms. The number of benzene rings is 3. The van der Waals surface area contributed by atoms with Crippen LogP contribution in [0.4, 0.5) is 0 Å². The summed E-state index contributed by atoms with van der Waals surface area (Å²) in [4.78, 5) is 0. The minimum atomic E-state index is -0.0904. The monoisotopic (exact) mass is 682 g/mol. The predicted molar refractivity (Wildman–Crippen MR) is 211 cm³/mol. The SMILES string of the molecule is CCCc1c(CCC)c2sc3ccc4sc(P(C5CCCCC5)C5CCCCC5)cc4c3c2c2c1sc1ccc3sccc3c12. The summed E-state index contributed by atoms with van der Waals surface area (Å²) in [7, 11) is -0.0904. The van der Waals surface area contributed by atoms with Crippen LogP contribution in [0.3, 0.4) is 0 Å². The van der Waals surface area contributed by atoms with Gasteiger partial charge < -0.3 is 0 Å². The summed E-state index contributed by atoms with van der Waals surface area (Å²) in [6, 6.07) is 15.0. The highest BCUT2D eigenvalue weighted by molar-refractivity contribution is 7.73. The Morgan fingerprint density at radius 1 is 0.578 bits per heavy atom. The number of fused-ring (bicyclic) bond motifs is 11. The summed E-state index contributed by atoms with van der Waals surface area (Å²) in [5.41, 5.74) is 5.21. The zero-order valence-corrected chi connectivity index (χ0v) is 30.8. The Bertz CT molecular complexity index is 2160. The van der Waals surface area contributed by atoms with Gasteiger partial charge >= 0.3 is 0 Å². The minimum absolute atomic E-state index is 0.0904. The molecule has 0 unspecified atom stereocenters. The average Bonchev–Trinajstić information content (AvgIpc) is 3.86. The second-order valence-electron chi connectivity index (χ2n) is 13.8. The van der Waals surface area contributed by atoms with E-state index in [4.69, 9.17) is 0 Å². The molecule has 232 valence electrons. The molecule has 0 aliphatic heterocycles. The Kier molecular flexibility index (Phi) is 7.99. The third-order valence-corrected chi connectivity index (χ3v) is 19.3. The fourth-order valence-corrected chi connectivity index (χ4v) is 18.3. The van der Waals surface area contributed by atoms with E-state index >= 15 is 0 Å². The molecule has 5 heteroatoms. The Morgan fingerprint density at radius 2 is 1.11 bits per heavy atom. The van der Waals surface area contributed by atoms with Gasteiger partial charge in [-0.2, -0.15) is 0 Å². The second kappa shape index (κ2) is 12.2. The van der Waals surface area contributed by atoms with Crippen molar-refractivity contribution in [3.8, 4) is 0 Å². The Hall–Kier alpha value is -1.55. The fourth-order valence-electron chi connectivity index (χ4n) is 9.05.